The van der Waals surface area contributed by atoms with Gasteiger partial charge in [0.25, 0.3) is 10.0 Å². The molecule has 0 aliphatic heterocycles. The van der Waals surface area contributed by atoms with Crippen molar-refractivity contribution in [1.82, 2.24) is 13.3 Å². The highest BCUT2D eigenvalue weighted by molar-refractivity contribution is 7.97. The van der Waals surface area contributed by atoms with Crippen LogP contribution in [0.1, 0.15) is 33.3 Å². The Kier molecular flexibility index (Phi) is 8.82. The average Bonchev–Trinajstić information content (AvgIpc) is 3.26. The summed E-state index contributed by atoms with van der Waals surface area (Å²) in [7, 11) is -3.85. The van der Waals surface area contributed by atoms with Crippen LogP contribution in [-0.2, 0) is 10.0 Å². The minimum absolute atomic E-state index is 0.208. The Hall–Kier alpha value is -2.32. The molecule has 0 N–H and O–H groups in total. The maximum absolute atomic E-state index is 13.5. The van der Waals surface area contributed by atoms with Gasteiger partial charge in [-0.15, -0.1) is 0 Å². The van der Waals surface area contributed by atoms with Gasteiger partial charge in [0.15, 0.2) is 5.65 Å². The van der Waals surface area contributed by atoms with E-state index >= 15 is 0 Å². The second kappa shape index (κ2) is 11.4. The Morgan fingerprint density at radius 1 is 0.971 bits per heavy atom. The van der Waals surface area contributed by atoms with Crippen LogP contribution in [0.25, 0.3) is 22.2 Å². The first-order valence-corrected chi connectivity index (χ1v) is 14.0. The molecule has 5 nitrogen and oxygen atoms in total. The SMILES string of the molecule is CC.CCN(CC)Sc1ccccc1-c1cn(S(=O)(=O)c2ccc(C)cc2)c2nccc(Cl)c12. The van der Waals surface area contributed by atoms with Crippen LogP contribution in [0.4, 0.5) is 0 Å². The third-order valence-corrected chi connectivity index (χ3v) is 8.60. The first-order chi connectivity index (χ1) is 16.4. The van der Waals surface area contributed by atoms with Gasteiger partial charge in [0.05, 0.1) is 9.92 Å². The van der Waals surface area contributed by atoms with Crippen molar-refractivity contribution in [2.24, 2.45) is 0 Å². The molecule has 0 saturated heterocycles. The van der Waals surface area contributed by atoms with E-state index in [-0.39, 0.29) is 4.90 Å². The summed E-state index contributed by atoms with van der Waals surface area (Å²) >= 11 is 8.24. The van der Waals surface area contributed by atoms with Crippen molar-refractivity contribution in [3.63, 3.8) is 0 Å². The van der Waals surface area contributed by atoms with Crippen molar-refractivity contribution >= 4 is 44.6 Å². The fraction of sp³-hybridized carbons (Fsp3) is 0.269. The van der Waals surface area contributed by atoms with Gasteiger partial charge < -0.3 is 0 Å². The van der Waals surface area contributed by atoms with Crippen LogP contribution in [0, 0.1) is 6.92 Å². The number of halogens is 1. The molecule has 2 aromatic carbocycles. The van der Waals surface area contributed by atoms with Gasteiger partial charge in [0.2, 0.25) is 0 Å². The van der Waals surface area contributed by atoms with Crippen molar-refractivity contribution < 1.29 is 8.42 Å². The van der Waals surface area contributed by atoms with E-state index in [9.17, 15) is 8.42 Å². The lowest BCUT2D eigenvalue weighted by atomic mass is 10.1. The number of aryl methyl sites for hydroxylation is 1. The van der Waals surface area contributed by atoms with E-state index in [2.05, 4.69) is 23.1 Å². The van der Waals surface area contributed by atoms with Gasteiger partial charge in [-0.05, 0) is 48.7 Å². The fourth-order valence-corrected chi connectivity index (χ4v) is 6.07. The largest absolute Gasteiger partial charge is 0.269 e. The summed E-state index contributed by atoms with van der Waals surface area (Å²) < 4.78 is 30.6. The zero-order chi connectivity index (χ0) is 24.9. The lowest BCUT2D eigenvalue weighted by Gasteiger charge is -2.18. The van der Waals surface area contributed by atoms with Gasteiger partial charge in [0, 0.05) is 41.3 Å². The third-order valence-electron chi connectivity index (χ3n) is 5.29. The van der Waals surface area contributed by atoms with Crippen LogP contribution in [-0.4, -0.2) is 34.8 Å². The van der Waals surface area contributed by atoms with Crippen LogP contribution < -0.4 is 0 Å². The highest BCUT2D eigenvalue weighted by Crippen LogP contribution is 2.40. The molecule has 0 aliphatic rings. The van der Waals surface area contributed by atoms with E-state index in [1.54, 1.807) is 48.5 Å². The molecule has 2 heterocycles. The minimum atomic E-state index is -3.85. The van der Waals surface area contributed by atoms with E-state index in [4.69, 9.17) is 11.6 Å². The number of aromatic nitrogens is 2. The Bertz CT molecular complexity index is 1360. The molecule has 0 amide bonds. The van der Waals surface area contributed by atoms with Gasteiger partial charge in [0.1, 0.15) is 0 Å². The molecule has 34 heavy (non-hydrogen) atoms. The molecular formula is C26H30ClN3O2S2. The first kappa shape index (κ1) is 26.3. The molecule has 0 spiro atoms. The second-order valence-corrected chi connectivity index (χ2v) is 10.7. The number of nitrogens with zero attached hydrogens (tertiary/aromatic N) is 3. The summed E-state index contributed by atoms with van der Waals surface area (Å²) in [6.07, 6.45) is 3.17. The molecule has 0 fully saturated rings. The fourth-order valence-electron chi connectivity index (χ4n) is 3.56. The molecule has 0 atom stereocenters. The van der Waals surface area contributed by atoms with E-state index < -0.39 is 10.0 Å². The van der Waals surface area contributed by atoms with Gasteiger partial charge in [-0.25, -0.2) is 21.7 Å². The normalized spacial score (nSPS) is 11.5. The predicted octanol–water partition coefficient (Wildman–Crippen LogP) is 7.28. The van der Waals surface area contributed by atoms with Crippen molar-refractivity contribution in [3.8, 4) is 11.1 Å². The van der Waals surface area contributed by atoms with Crippen molar-refractivity contribution in [1.29, 1.82) is 0 Å². The maximum Gasteiger partial charge on any atom is 0.269 e. The lowest BCUT2D eigenvalue weighted by molar-refractivity contribution is 0.525. The highest BCUT2D eigenvalue weighted by Gasteiger charge is 2.25. The Morgan fingerprint density at radius 3 is 2.26 bits per heavy atom. The third kappa shape index (κ3) is 5.18. The standard InChI is InChI=1S/C24H24ClN3O2S2.C2H6/c1-4-27(5-2)31-22-9-7-6-8-19(22)20-16-28(24-23(20)21(25)14-15-26-24)32(29,30)18-12-10-17(3)11-13-18;1-2/h6-16H,4-5H2,1-3H3;1-2H3. The highest BCUT2D eigenvalue weighted by atomic mass is 35.5. The zero-order valence-corrected chi connectivity index (χ0v) is 22.5. The molecule has 4 aromatic rings. The molecule has 0 saturated carbocycles. The van der Waals surface area contributed by atoms with Crippen molar-refractivity contribution in [2.45, 2.75) is 44.4 Å². The molecule has 180 valence electrons. The molecule has 4 rings (SSSR count). The van der Waals surface area contributed by atoms with Gasteiger partial charge in [-0.1, -0.05) is 75.2 Å². The zero-order valence-electron chi connectivity index (χ0n) is 20.1. The number of benzene rings is 2. The van der Waals surface area contributed by atoms with Crippen LogP contribution in [0.2, 0.25) is 5.02 Å². The van der Waals surface area contributed by atoms with Crippen LogP contribution in [0.5, 0.6) is 0 Å². The van der Waals surface area contributed by atoms with Crippen LogP contribution >= 0.6 is 23.5 Å². The number of hydrogen-bond donors (Lipinski definition) is 0. The predicted molar refractivity (Wildman–Crippen MR) is 144 cm³/mol. The minimum Gasteiger partial charge on any atom is -0.247 e. The van der Waals surface area contributed by atoms with Gasteiger partial charge in [-0.3, -0.25) is 0 Å². The maximum atomic E-state index is 13.5. The molecule has 2 aromatic heterocycles. The Balaban J connectivity index is 0.00000158. The molecule has 8 heteroatoms. The van der Waals surface area contributed by atoms with E-state index in [0.29, 0.717) is 16.1 Å². The van der Waals surface area contributed by atoms with E-state index in [1.165, 1.54) is 10.2 Å². The summed E-state index contributed by atoms with van der Waals surface area (Å²) in [4.78, 5) is 5.64. The Labute approximate surface area is 212 Å². The summed E-state index contributed by atoms with van der Waals surface area (Å²) in [5.41, 5.74) is 2.97. The lowest BCUT2D eigenvalue weighted by Crippen LogP contribution is -2.13. The monoisotopic (exact) mass is 515 g/mol. The number of hydrogen-bond acceptors (Lipinski definition) is 5. The molecule has 0 bridgehead atoms. The van der Waals surface area contributed by atoms with Crippen LogP contribution in [0.15, 0.2) is 76.8 Å². The summed E-state index contributed by atoms with van der Waals surface area (Å²) in [6.45, 7) is 11.9. The van der Waals surface area contributed by atoms with E-state index in [1.807, 2.05) is 45.0 Å². The van der Waals surface area contributed by atoms with Crippen molar-refractivity contribution in [2.75, 3.05) is 13.1 Å². The average molecular weight is 516 g/mol. The topological polar surface area (TPSA) is 55.2 Å². The number of fused-ring (bicyclic) bond motifs is 1. The quantitative estimate of drug-likeness (QED) is 0.242. The van der Waals surface area contributed by atoms with Crippen molar-refractivity contribution in [3.05, 3.63) is 77.6 Å². The number of rotatable bonds is 7. The van der Waals surface area contributed by atoms with Gasteiger partial charge in [-0.2, -0.15) is 0 Å². The molecule has 0 unspecified atom stereocenters. The number of pyridine rings is 1. The smallest absolute Gasteiger partial charge is 0.247 e. The Morgan fingerprint density at radius 2 is 1.62 bits per heavy atom. The first-order valence-electron chi connectivity index (χ1n) is 11.4. The molecule has 0 aliphatic carbocycles. The summed E-state index contributed by atoms with van der Waals surface area (Å²) in [5.74, 6) is 0. The van der Waals surface area contributed by atoms with E-state index in [0.717, 1.165) is 34.7 Å². The second-order valence-electron chi connectivity index (χ2n) is 7.35. The molecule has 0 radical (unpaired) electrons. The summed E-state index contributed by atoms with van der Waals surface area (Å²) in [6, 6.07) is 16.5. The van der Waals surface area contributed by atoms with Crippen LogP contribution in [0.3, 0.4) is 0 Å². The molecular weight excluding hydrogens is 486 g/mol. The summed E-state index contributed by atoms with van der Waals surface area (Å²) in [5, 5.41) is 1.09. The van der Waals surface area contributed by atoms with Gasteiger partial charge >= 0.3 is 0 Å².